The number of alkyl halides is 3. The first-order chi connectivity index (χ1) is 19.0. The minimum atomic E-state index is -4.80. The first-order valence-corrected chi connectivity index (χ1v) is 12.6. The van der Waals surface area contributed by atoms with E-state index in [1.807, 2.05) is 31.2 Å². The van der Waals surface area contributed by atoms with Crippen LogP contribution in [0, 0.1) is 20.8 Å². The van der Waals surface area contributed by atoms with Crippen LogP contribution in [0.15, 0.2) is 54.6 Å². The van der Waals surface area contributed by atoms with Gasteiger partial charge in [-0.2, -0.15) is 23.4 Å². The van der Waals surface area contributed by atoms with Crippen molar-refractivity contribution in [2.45, 2.75) is 33.5 Å². The Morgan fingerprint density at radius 2 is 1.80 bits per heavy atom. The summed E-state index contributed by atoms with van der Waals surface area (Å²) in [5, 5.41) is 10.9. The fourth-order valence-corrected chi connectivity index (χ4v) is 4.67. The molecule has 206 valence electrons. The Balaban J connectivity index is 1.53. The molecule has 0 radical (unpaired) electrons. The number of hydrogen-bond acceptors (Lipinski definition) is 5. The highest BCUT2D eigenvalue weighted by Gasteiger charge is 2.37. The van der Waals surface area contributed by atoms with Crippen molar-refractivity contribution in [1.29, 1.82) is 0 Å². The fourth-order valence-electron chi connectivity index (χ4n) is 4.42. The smallest absolute Gasteiger partial charge is 0.433 e. The van der Waals surface area contributed by atoms with Crippen molar-refractivity contribution in [1.82, 2.24) is 24.4 Å². The molecule has 0 bridgehead atoms. The summed E-state index contributed by atoms with van der Waals surface area (Å²) in [5.41, 5.74) is 2.33. The summed E-state index contributed by atoms with van der Waals surface area (Å²) in [6, 6.07) is 15.2. The van der Waals surface area contributed by atoms with Gasteiger partial charge in [0, 0.05) is 5.56 Å². The predicted molar refractivity (Wildman–Crippen MR) is 145 cm³/mol. The van der Waals surface area contributed by atoms with Crippen LogP contribution in [0.2, 0.25) is 5.02 Å². The topological polar surface area (TPSA) is 86.3 Å². The molecule has 5 aromatic rings. The van der Waals surface area contributed by atoms with Crippen molar-refractivity contribution in [3.05, 3.63) is 93.5 Å². The second-order valence-electron chi connectivity index (χ2n) is 9.24. The fraction of sp³-hybridized carbons (Fsp3) is 0.214. The normalized spacial score (nSPS) is 11.7. The maximum Gasteiger partial charge on any atom is 0.433 e. The number of aryl methyl sites for hydroxylation is 2. The molecule has 0 aliphatic rings. The van der Waals surface area contributed by atoms with Crippen molar-refractivity contribution >= 4 is 28.8 Å². The Morgan fingerprint density at radius 3 is 2.50 bits per heavy atom. The van der Waals surface area contributed by atoms with E-state index in [9.17, 15) is 18.0 Å². The first kappa shape index (κ1) is 27.2. The number of nitrogens with zero attached hydrogens (tertiary/aromatic N) is 5. The lowest BCUT2D eigenvalue weighted by Crippen LogP contribution is -2.16. The molecule has 40 heavy (non-hydrogen) atoms. The lowest BCUT2D eigenvalue weighted by Gasteiger charge is -2.11. The van der Waals surface area contributed by atoms with Gasteiger partial charge in [-0.1, -0.05) is 48.0 Å². The van der Waals surface area contributed by atoms with Crippen LogP contribution in [0.5, 0.6) is 5.75 Å². The van der Waals surface area contributed by atoms with Gasteiger partial charge in [-0.25, -0.2) is 9.50 Å². The molecule has 2 aromatic carbocycles. The van der Waals surface area contributed by atoms with Gasteiger partial charge in [0.25, 0.3) is 5.91 Å². The molecule has 0 unspecified atom stereocenters. The number of benzene rings is 2. The second kappa shape index (κ2) is 10.3. The largest absolute Gasteiger partial charge is 0.497 e. The van der Waals surface area contributed by atoms with Crippen LogP contribution < -0.4 is 10.1 Å². The summed E-state index contributed by atoms with van der Waals surface area (Å²) >= 11 is 6.45. The van der Waals surface area contributed by atoms with E-state index in [0.29, 0.717) is 39.4 Å². The Bertz CT molecular complexity index is 1760. The van der Waals surface area contributed by atoms with Gasteiger partial charge in [0.05, 0.1) is 36.4 Å². The SMILES string of the molecule is COc1cccc(-c2cc(C(F)(F)F)n3nc(C(=O)Nc4c(C)nn(Cc5ccccc5C)c4C)c(Cl)c3n2)c1. The summed E-state index contributed by atoms with van der Waals surface area (Å²) in [7, 11) is 1.45. The van der Waals surface area contributed by atoms with Crippen LogP contribution in [0.1, 0.15) is 38.7 Å². The van der Waals surface area contributed by atoms with Crippen molar-refractivity contribution in [2.24, 2.45) is 0 Å². The van der Waals surface area contributed by atoms with Crippen molar-refractivity contribution < 1.29 is 22.7 Å². The number of carbonyl (C=O) groups excluding carboxylic acids is 1. The lowest BCUT2D eigenvalue weighted by atomic mass is 10.1. The maximum absolute atomic E-state index is 14.1. The Morgan fingerprint density at radius 1 is 1.05 bits per heavy atom. The number of methoxy groups -OCH3 is 1. The van der Waals surface area contributed by atoms with Crippen molar-refractivity contribution in [2.75, 3.05) is 12.4 Å². The predicted octanol–water partition coefficient (Wildman–Crippen LogP) is 6.50. The van der Waals surface area contributed by atoms with E-state index in [0.717, 1.165) is 17.2 Å². The minimum Gasteiger partial charge on any atom is -0.497 e. The number of carbonyl (C=O) groups is 1. The number of nitrogens with one attached hydrogen (secondary N) is 1. The highest BCUT2D eigenvalue weighted by molar-refractivity contribution is 6.37. The molecule has 0 atom stereocenters. The molecule has 3 heterocycles. The molecule has 3 aromatic heterocycles. The van der Waals surface area contributed by atoms with Crippen LogP contribution in [-0.4, -0.2) is 37.4 Å². The molecular weight excluding hydrogens is 545 g/mol. The Kier molecular flexibility index (Phi) is 7.01. The summed E-state index contributed by atoms with van der Waals surface area (Å²) in [6.07, 6.45) is -4.80. The maximum atomic E-state index is 14.1. The molecule has 0 aliphatic heterocycles. The monoisotopic (exact) mass is 568 g/mol. The van der Waals surface area contributed by atoms with Gasteiger partial charge < -0.3 is 10.1 Å². The van der Waals surface area contributed by atoms with Crippen molar-refractivity contribution in [3.63, 3.8) is 0 Å². The van der Waals surface area contributed by atoms with E-state index in [1.165, 1.54) is 7.11 Å². The van der Waals surface area contributed by atoms with E-state index in [1.54, 1.807) is 42.8 Å². The number of amides is 1. The van der Waals surface area contributed by atoms with E-state index >= 15 is 0 Å². The van der Waals surface area contributed by atoms with Gasteiger partial charge >= 0.3 is 6.18 Å². The Hall–Kier alpha value is -4.38. The van der Waals surface area contributed by atoms with E-state index in [4.69, 9.17) is 16.3 Å². The summed E-state index contributed by atoms with van der Waals surface area (Å²) in [6.45, 7) is 6.00. The van der Waals surface area contributed by atoms with Crippen LogP contribution in [0.25, 0.3) is 16.9 Å². The number of anilines is 1. The van der Waals surface area contributed by atoms with E-state index < -0.39 is 23.5 Å². The molecule has 5 rings (SSSR count). The second-order valence-corrected chi connectivity index (χ2v) is 9.62. The molecule has 12 heteroatoms. The Labute approximate surface area is 232 Å². The molecule has 0 saturated carbocycles. The van der Waals surface area contributed by atoms with Crippen LogP contribution in [0.4, 0.5) is 18.9 Å². The number of halogens is 4. The lowest BCUT2D eigenvalue weighted by molar-refractivity contribution is -0.142. The third kappa shape index (κ3) is 5.00. The zero-order valence-corrected chi connectivity index (χ0v) is 22.7. The highest BCUT2D eigenvalue weighted by Crippen LogP contribution is 2.35. The average molecular weight is 569 g/mol. The van der Waals surface area contributed by atoms with E-state index in [-0.39, 0.29) is 16.4 Å². The van der Waals surface area contributed by atoms with Crippen LogP contribution >= 0.6 is 11.6 Å². The van der Waals surface area contributed by atoms with Gasteiger partial charge in [0.2, 0.25) is 0 Å². The van der Waals surface area contributed by atoms with Gasteiger partial charge in [-0.05, 0) is 50.1 Å². The van der Waals surface area contributed by atoms with Crippen molar-refractivity contribution in [3.8, 4) is 17.0 Å². The van der Waals surface area contributed by atoms with E-state index in [2.05, 4.69) is 20.5 Å². The zero-order valence-electron chi connectivity index (χ0n) is 22.0. The van der Waals surface area contributed by atoms with Crippen LogP contribution in [0.3, 0.4) is 0 Å². The molecule has 0 spiro atoms. The summed E-state index contributed by atoms with van der Waals surface area (Å²) < 4.78 is 49.8. The molecule has 0 saturated heterocycles. The average Bonchev–Trinajstić information content (AvgIpc) is 3.39. The summed E-state index contributed by atoms with van der Waals surface area (Å²) in [5.74, 6) is -0.339. The van der Waals surface area contributed by atoms with Gasteiger partial charge in [-0.15, -0.1) is 0 Å². The molecule has 0 fully saturated rings. The third-order valence-corrected chi connectivity index (χ3v) is 6.95. The molecule has 1 N–H and O–H groups in total. The molecular formula is C28H24ClF3N6O2. The zero-order chi connectivity index (χ0) is 28.8. The molecule has 1 amide bonds. The van der Waals surface area contributed by atoms with Gasteiger partial charge in [-0.3, -0.25) is 9.48 Å². The standard InChI is InChI=1S/C28H24ClF3N6O2/c1-15-8-5-6-9-19(15)14-37-17(3)24(16(2)35-37)34-27(39)25-23(29)26-33-21(18-10-7-11-20(12-18)40-4)13-22(28(30,31)32)38(26)36-25/h5-13H,14H2,1-4H3,(H,34,39). The quantitative estimate of drug-likeness (QED) is 0.253. The minimum absolute atomic E-state index is 0.00310. The van der Waals surface area contributed by atoms with Gasteiger partial charge in [0.15, 0.2) is 17.0 Å². The number of hydrogen-bond donors (Lipinski definition) is 1. The highest BCUT2D eigenvalue weighted by atomic mass is 35.5. The van der Waals surface area contributed by atoms with Gasteiger partial charge in [0.1, 0.15) is 10.8 Å². The van der Waals surface area contributed by atoms with Crippen LogP contribution in [-0.2, 0) is 12.7 Å². The first-order valence-electron chi connectivity index (χ1n) is 12.2. The summed E-state index contributed by atoms with van der Waals surface area (Å²) in [4.78, 5) is 17.6. The number of rotatable bonds is 6. The molecule has 0 aliphatic carbocycles. The molecule has 8 nitrogen and oxygen atoms in total. The third-order valence-electron chi connectivity index (χ3n) is 6.61. The number of fused-ring (bicyclic) bond motifs is 1. The number of ether oxygens (including phenoxy) is 1. The number of aromatic nitrogens is 5.